The van der Waals surface area contributed by atoms with Crippen LogP contribution >= 0.6 is 24.8 Å². The molecular weight excluding hydrogens is 289 g/mol. The topological polar surface area (TPSA) is 81.2 Å². The molecule has 2 rings (SSSR count). The van der Waals surface area contributed by atoms with E-state index in [1.165, 1.54) is 12.8 Å². The highest BCUT2D eigenvalue weighted by Gasteiger charge is 2.27. The van der Waals surface area contributed by atoms with Crippen LogP contribution < -0.4 is 11.1 Å². The van der Waals surface area contributed by atoms with Gasteiger partial charge < -0.3 is 15.5 Å². The minimum atomic E-state index is -0.176. The largest absolute Gasteiger partial charge is 0.438 e. The molecule has 1 aromatic heterocycles. The first-order valence-corrected chi connectivity index (χ1v) is 6.13. The van der Waals surface area contributed by atoms with Crippen LogP contribution in [0.3, 0.4) is 0 Å². The van der Waals surface area contributed by atoms with Gasteiger partial charge in [-0.05, 0) is 32.2 Å². The van der Waals surface area contributed by atoms with Crippen molar-refractivity contribution in [2.24, 2.45) is 11.7 Å². The van der Waals surface area contributed by atoms with Gasteiger partial charge in [0.25, 0.3) is 5.91 Å². The van der Waals surface area contributed by atoms with Gasteiger partial charge in [-0.25, -0.2) is 4.98 Å². The summed E-state index contributed by atoms with van der Waals surface area (Å²) in [5.41, 5.74) is 6.36. The molecule has 19 heavy (non-hydrogen) atoms. The van der Waals surface area contributed by atoms with Crippen molar-refractivity contribution >= 4 is 30.7 Å². The summed E-state index contributed by atoms with van der Waals surface area (Å²) in [5, 5.41) is 3.01. The second-order valence-electron chi connectivity index (χ2n) is 4.63. The molecule has 0 aliphatic heterocycles. The second kappa shape index (κ2) is 8.40. The van der Waals surface area contributed by atoms with E-state index >= 15 is 0 Å². The molecular formula is C12H21Cl2N3O2. The van der Waals surface area contributed by atoms with E-state index in [4.69, 9.17) is 10.2 Å². The summed E-state index contributed by atoms with van der Waals surface area (Å²) in [6.45, 7) is 2.39. The fraction of sp³-hybridized carbons (Fsp3) is 0.667. The fourth-order valence-corrected chi connectivity index (χ4v) is 2.43. The standard InChI is InChI=1S/C12H19N3O2.2ClH/c1-8-11(17-7-14-8)12(16)15-10-5-3-2-4-9(10)6-13;;/h7,9-10H,2-6,13H2,1H3,(H,15,16);2*1H. The van der Waals surface area contributed by atoms with Gasteiger partial charge in [0.2, 0.25) is 5.76 Å². The Morgan fingerprint density at radius 3 is 2.74 bits per heavy atom. The number of nitrogens with zero attached hydrogens (tertiary/aromatic N) is 1. The smallest absolute Gasteiger partial charge is 0.289 e. The van der Waals surface area contributed by atoms with Gasteiger partial charge in [0.1, 0.15) is 0 Å². The zero-order valence-electron chi connectivity index (χ0n) is 10.9. The second-order valence-corrected chi connectivity index (χ2v) is 4.63. The van der Waals surface area contributed by atoms with Crippen molar-refractivity contribution in [3.63, 3.8) is 0 Å². The molecule has 2 unspecified atom stereocenters. The molecule has 1 aliphatic carbocycles. The van der Waals surface area contributed by atoms with Gasteiger partial charge >= 0.3 is 0 Å². The molecule has 1 amide bonds. The lowest BCUT2D eigenvalue weighted by Gasteiger charge is -2.30. The van der Waals surface area contributed by atoms with Gasteiger partial charge in [-0.3, -0.25) is 4.79 Å². The van der Waals surface area contributed by atoms with Gasteiger partial charge in [0.15, 0.2) is 6.39 Å². The summed E-state index contributed by atoms with van der Waals surface area (Å²) in [6.07, 6.45) is 5.75. The molecule has 3 N–H and O–H groups in total. The minimum absolute atomic E-state index is 0. The summed E-state index contributed by atoms with van der Waals surface area (Å²) >= 11 is 0. The number of rotatable bonds is 3. The highest BCUT2D eigenvalue weighted by molar-refractivity contribution is 5.92. The van der Waals surface area contributed by atoms with E-state index in [9.17, 15) is 4.79 Å². The quantitative estimate of drug-likeness (QED) is 0.895. The number of carbonyl (C=O) groups is 1. The van der Waals surface area contributed by atoms with Crippen molar-refractivity contribution in [1.29, 1.82) is 0 Å². The van der Waals surface area contributed by atoms with Crippen LogP contribution in [0.4, 0.5) is 0 Å². The van der Waals surface area contributed by atoms with Gasteiger partial charge in [-0.2, -0.15) is 0 Å². The Morgan fingerprint density at radius 2 is 2.16 bits per heavy atom. The lowest BCUT2D eigenvalue weighted by Crippen LogP contribution is -2.44. The Morgan fingerprint density at radius 1 is 1.47 bits per heavy atom. The zero-order valence-corrected chi connectivity index (χ0v) is 12.6. The number of amides is 1. The maximum Gasteiger partial charge on any atom is 0.289 e. The lowest BCUT2D eigenvalue weighted by atomic mass is 9.84. The molecule has 110 valence electrons. The highest BCUT2D eigenvalue weighted by atomic mass is 35.5. The normalized spacial score (nSPS) is 22.0. The zero-order chi connectivity index (χ0) is 12.3. The predicted octanol–water partition coefficient (Wildman–Crippen LogP) is 2.07. The van der Waals surface area contributed by atoms with Crippen molar-refractivity contribution < 1.29 is 9.21 Å². The summed E-state index contributed by atoms with van der Waals surface area (Å²) < 4.78 is 5.08. The first-order valence-electron chi connectivity index (χ1n) is 6.13. The summed E-state index contributed by atoms with van der Waals surface area (Å²) in [7, 11) is 0. The Kier molecular flexibility index (Phi) is 8.06. The number of aromatic nitrogens is 1. The molecule has 0 radical (unpaired) electrons. The molecule has 0 spiro atoms. The summed E-state index contributed by atoms with van der Waals surface area (Å²) in [6, 6.07) is 0.172. The molecule has 1 fully saturated rings. The average Bonchev–Trinajstić information content (AvgIpc) is 2.76. The van der Waals surface area contributed by atoms with Gasteiger partial charge in [-0.1, -0.05) is 12.8 Å². The van der Waals surface area contributed by atoms with E-state index in [1.54, 1.807) is 6.92 Å². The third-order valence-corrected chi connectivity index (χ3v) is 3.48. The number of aryl methyl sites for hydroxylation is 1. The Bertz CT molecular complexity index is 398. The number of nitrogens with one attached hydrogen (secondary N) is 1. The number of hydrogen-bond acceptors (Lipinski definition) is 4. The van der Waals surface area contributed by atoms with Crippen LogP contribution in [0.15, 0.2) is 10.8 Å². The van der Waals surface area contributed by atoms with Crippen molar-refractivity contribution in [1.82, 2.24) is 10.3 Å². The van der Waals surface area contributed by atoms with E-state index in [-0.39, 0.29) is 36.8 Å². The van der Waals surface area contributed by atoms with Crippen LogP contribution in [0, 0.1) is 12.8 Å². The van der Waals surface area contributed by atoms with Crippen LogP contribution in [-0.4, -0.2) is 23.5 Å². The lowest BCUT2D eigenvalue weighted by molar-refractivity contribution is 0.0879. The van der Waals surface area contributed by atoms with Crippen molar-refractivity contribution in [3.05, 3.63) is 17.8 Å². The first kappa shape index (κ1) is 18.2. The van der Waals surface area contributed by atoms with Gasteiger partial charge in [0, 0.05) is 6.04 Å². The monoisotopic (exact) mass is 309 g/mol. The van der Waals surface area contributed by atoms with E-state index in [1.807, 2.05) is 0 Å². The van der Waals surface area contributed by atoms with Crippen molar-refractivity contribution in [3.8, 4) is 0 Å². The van der Waals surface area contributed by atoms with E-state index in [0.717, 1.165) is 19.3 Å². The van der Waals surface area contributed by atoms with Gasteiger partial charge in [-0.15, -0.1) is 24.8 Å². The highest BCUT2D eigenvalue weighted by Crippen LogP contribution is 2.23. The Balaban J connectivity index is 0.00000162. The predicted molar refractivity (Wildman–Crippen MR) is 78.0 cm³/mol. The molecule has 1 saturated carbocycles. The van der Waals surface area contributed by atoms with E-state index in [2.05, 4.69) is 10.3 Å². The first-order chi connectivity index (χ1) is 8.22. The van der Waals surface area contributed by atoms with Crippen LogP contribution in [0.1, 0.15) is 41.9 Å². The number of halogens is 2. The third-order valence-electron chi connectivity index (χ3n) is 3.48. The number of oxazole rings is 1. The fourth-order valence-electron chi connectivity index (χ4n) is 2.43. The van der Waals surface area contributed by atoms with Crippen molar-refractivity contribution in [2.75, 3.05) is 6.54 Å². The molecule has 2 atom stereocenters. The molecule has 1 heterocycles. The Hall–Kier alpha value is -0.780. The SMILES string of the molecule is Cc1ncoc1C(=O)NC1CCCCC1CN.Cl.Cl. The maximum absolute atomic E-state index is 12.0. The summed E-state index contributed by atoms with van der Waals surface area (Å²) in [4.78, 5) is 15.9. The molecule has 0 saturated heterocycles. The van der Waals surface area contributed by atoms with Crippen LogP contribution in [0.2, 0.25) is 0 Å². The minimum Gasteiger partial charge on any atom is -0.438 e. The van der Waals surface area contributed by atoms with Crippen LogP contribution in [-0.2, 0) is 0 Å². The number of hydrogen-bond donors (Lipinski definition) is 2. The number of carbonyl (C=O) groups excluding carboxylic acids is 1. The van der Waals surface area contributed by atoms with Crippen LogP contribution in [0.25, 0.3) is 0 Å². The van der Waals surface area contributed by atoms with Crippen LogP contribution in [0.5, 0.6) is 0 Å². The Labute approximate surface area is 125 Å². The molecule has 0 aromatic carbocycles. The average molecular weight is 310 g/mol. The van der Waals surface area contributed by atoms with E-state index < -0.39 is 0 Å². The molecule has 1 aliphatic rings. The van der Waals surface area contributed by atoms with Crippen molar-refractivity contribution in [2.45, 2.75) is 38.6 Å². The number of nitrogens with two attached hydrogens (primary N) is 1. The molecule has 5 nitrogen and oxygen atoms in total. The third kappa shape index (κ3) is 4.37. The summed E-state index contributed by atoms with van der Waals surface area (Å²) in [5.74, 6) is 0.521. The maximum atomic E-state index is 12.0. The molecule has 1 aromatic rings. The van der Waals surface area contributed by atoms with E-state index in [0.29, 0.717) is 23.9 Å². The molecule has 0 bridgehead atoms. The molecule has 7 heteroatoms. The van der Waals surface area contributed by atoms with Gasteiger partial charge in [0.05, 0.1) is 5.69 Å².